The molecule has 0 saturated carbocycles. The lowest BCUT2D eigenvalue weighted by atomic mass is 10.0. The van der Waals surface area contributed by atoms with Gasteiger partial charge in [-0.2, -0.15) is 10.4 Å². The van der Waals surface area contributed by atoms with E-state index < -0.39 is 29.5 Å². The Bertz CT molecular complexity index is 2080. The van der Waals surface area contributed by atoms with Crippen molar-refractivity contribution in [2.45, 2.75) is 46.1 Å². The molecule has 0 unspecified atom stereocenters. The van der Waals surface area contributed by atoms with E-state index in [9.17, 15) is 28.0 Å². The van der Waals surface area contributed by atoms with Crippen LogP contribution in [0.15, 0.2) is 53.1 Å². The number of rotatable bonds is 7. The van der Waals surface area contributed by atoms with Crippen molar-refractivity contribution in [1.29, 1.82) is 5.26 Å². The number of halogens is 5. The van der Waals surface area contributed by atoms with Crippen molar-refractivity contribution in [2.75, 3.05) is 5.32 Å². The minimum absolute atomic E-state index is 0.0433. The minimum Gasteiger partial charge on any atom is -0.406 e. The van der Waals surface area contributed by atoms with E-state index in [0.29, 0.717) is 5.56 Å². The number of carbonyl (C=O) groups excluding carboxylic acids is 2. The zero-order valence-electron chi connectivity index (χ0n) is 25.1. The Morgan fingerprint density at radius 3 is 2.53 bits per heavy atom. The lowest BCUT2D eigenvalue weighted by Crippen LogP contribution is -2.41. The van der Waals surface area contributed by atoms with Gasteiger partial charge in [0.1, 0.15) is 17.0 Å². The van der Waals surface area contributed by atoms with Gasteiger partial charge in [0.15, 0.2) is 5.82 Å². The maximum atomic E-state index is 13.9. The first kappa shape index (κ1) is 33.4. The number of nitriles is 1. The van der Waals surface area contributed by atoms with Crippen LogP contribution >= 0.6 is 27.5 Å². The Hall–Kier alpha value is -5.01. The van der Waals surface area contributed by atoms with Crippen LogP contribution in [0.4, 0.5) is 18.9 Å². The maximum Gasteiger partial charge on any atom is 0.573 e. The van der Waals surface area contributed by atoms with Gasteiger partial charge >= 0.3 is 6.36 Å². The average molecular weight is 731 g/mol. The SMILES string of the molecule is Cc1cc(C#N)cc(C(=O)NC(C)(C)C)c1NC(=O)c1cc(Cn2nnc3c(Br)cc(OC(F)(F)F)cc32)nn1-c1ncccc1Cl. The topological polar surface area (TPSA) is 153 Å². The van der Waals surface area contributed by atoms with Gasteiger partial charge in [-0.05, 0) is 85.6 Å². The Morgan fingerprint density at radius 1 is 1.13 bits per heavy atom. The van der Waals surface area contributed by atoms with Crippen molar-refractivity contribution in [1.82, 2.24) is 35.1 Å². The number of aromatic nitrogens is 6. The highest BCUT2D eigenvalue weighted by atomic mass is 79.9. The van der Waals surface area contributed by atoms with E-state index in [2.05, 4.69) is 51.7 Å². The van der Waals surface area contributed by atoms with Gasteiger partial charge in [0, 0.05) is 17.8 Å². The van der Waals surface area contributed by atoms with Gasteiger partial charge in [-0.25, -0.2) is 14.3 Å². The number of alkyl halides is 3. The maximum absolute atomic E-state index is 13.9. The van der Waals surface area contributed by atoms with Crippen molar-refractivity contribution in [2.24, 2.45) is 0 Å². The van der Waals surface area contributed by atoms with Gasteiger partial charge in [0.05, 0.1) is 50.1 Å². The number of nitrogens with zero attached hydrogens (tertiary/aromatic N) is 7. The second kappa shape index (κ2) is 12.6. The summed E-state index contributed by atoms with van der Waals surface area (Å²) in [6, 6.07) is 11.8. The molecule has 0 aliphatic rings. The van der Waals surface area contributed by atoms with Crippen molar-refractivity contribution >= 4 is 56.1 Å². The fourth-order valence-electron chi connectivity index (χ4n) is 4.61. The summed E-state index contributed by atoms with van der Waals surface area (Å²) in [5.41, 5.74) is 0.962. The summed E-state index contributed by atoms with van der Waals surface area (Å²) in [5, 5.41) is 27.9. The van der Waals surface area contributed by atoms with Crippen molar-refractivity contribution in [3.63, 3.8) is 0 Å². The number of nitrogens with one attached hydrogen (secondary N) is 2. The van der Waals surface area contributed by atoms with Gasteiger partial charge in [-0.15, -0.1) is 18.3 Å². The quantitative estimate of drug-likeness (QED) is 0.197. The summed E-state index contributed by atoms with van der Waals surface area (Å²) in [4.78, 5) is 31.5. The molecule has 5 rings (SSSR count). The highest BCUT2D eigenvalue weighted by Crippen LogP contribution is 2.32. The predicted octanol–water partition coefficient (Wildman–Crippen LogP) is 6.34. The smallest absolute Gasteiger partial charge is 0.406 e. The van der Waals surface area contributed by atoms with E-state index in [1.165, 1.54) is 33.8 Å². The van der Waals surface area contributed by atoms with Crippen LogP contribution in [0.2, 0.25) is 5.02 Å². The zero-order chi connectivity index (χ0) is 34.3. The van der Waals surface area contributed by atoms with Gasteiger partial charge < -0.3 is 15.4 Å². The molecular formula is C30H24BrClF3N9O3. The third-order valence-electron chi connectivity index (χ3n) is 6.46. The van der Waals surface area contributed by atoms with E-state index in [1.807, 2.05) is 6.07 Å². The molecule has 12 nitrogen and oxygen atoms in total. The number of amides is 2. The molecule has 2 N–H and O–H groups in total. The largest absolute Gasteiger partial charge is 0.573 e. The minimum atomic E-state index is -4.92. The lowest BCUT2D eigenvalue weighted by Gasteiger charge is -2.22. The molecule has 0 radical (unpaired) electrons. The summed E-state index contributed by atoms with van der Waals surface area (Å²) < 4.78 is 45.6. The first-order valence-corrected chi connectivity index (χ1v) is 14.9. The molecule has 2 aromatic carbocycles. The van der Waals surface area contributed by atoms with Crippen LogP contribution in [0, 0.1) is 18.3 Å². The van der Waals surface area contributed by atoms with Crippen molar-refractivity contribution in [3.05, 3.63) is 86.2 Å². The van der Waals surface area contributed by atoms with Crippen LogP contribution in [-0.4, -0.2) is 53.5 Å². The molecule has 2 amide bonds. The van der Waals surface area contributed by atoms with Crippen LogP contribution in [0.1, 0.15) is 58.4 Å². The van der Waals surface area contributed by atoms with E-state index in [1.54, 1.807) is 39.8 Å². The fourth-order valence-corrected chi connectivity index (χ4v) is 5.32. The Labute approximate surface area is 278 Å². The summed E-state index contributed by atoms with van der Waals surface area (Å²) >= 11 is 9.62. The molecule has 242 valence electrons. The summed E-state index contributed by atoms with van der Waals surface area (Å²) in [5.74, 6) is -1.58. The number of pyridine rings is 1. The number of hydrogen-bond donors (Lipinski definition) is 2. The molecule has 0 bridgehead atoms. The van der Waals surface area contributed by atoms with Crippen molar-refractivity contribution < 1.29 is 27.5 Å². The fraction of sp³-hybridized carbons (Fsp3) is 0.233. The number of hydrogen-bond acceptors (Lipinski definition) is 8. The summed E-state index contributed by atoms with van der Waals surface area (Å²) in [7, 11) is 0. The number of fused-ring (bicyclic) bond motifs is 1. The van der Waals surface area contributed by atoms with Gasteiger partial charge in [0.25, 0.3) is 11.8 Å². The third-order valence-corrected chi connectivity index (χ3v) is 7.36. The number of anilines is 1. The Balaban J connectivity index is 1.57. The molecule has 47 heavy (non-hydrogen) atoms. The van der Waals surface area contributed by atoms with Crippen molar-refractivity contribution in [3.8, 4) is 17.6 Å². The molecular weight excluding hydrogens is 707 g/mol. The van der Waals surface area contributed by atoms with Crippen LogP contribution in [0.5, 0.6) is 5.75 Å². The number of ether oxygens (including phenoxy) is 1. The van der Waals surface area contributed by atoms with E-state index in [4.69, 9.17) is 11.6 Å². The zero-order valence-corrected chi connectivity index (χ0v) is 27.4. The number of benzene rings is 2. The highest BCUT2D eigenvalue weighted by Gasteiger charge is 2.32. The molecule has 3 heterocycles. The van der Waals surface area contributed by atoms with Gasteiger partial charge in [-0.3, -0.25) is 9.59 Å². The first-order chi connectivity index (χ1) is 22.0. The lowest BCUT2D eigenvalue weighted by molar-refractivity contribution is -0.274. The monoisotopic (exact) mass is 729 g/mol. The predicted molar refractivity (Wildman–Crippen MR) is 168 cm³/mol. The van der Waals surface area contributed by atoms with E-state index in [-0.39, 0.29) is 61.1 Å². The van der Waals surface area contributed by atoms with Crippen LogP contribution in [0.25, 0.3) is 16.9 Å². The highest BCUT2D eigenvalue weighted by molar-refractivity contribution is 9.10. The molecule has 5 aromatic rings. The van der Waals surface area contributed by atoms with Crippen LogP contribution in [0.3, 0.4) is 0 Å². The summed E-state index contributed by atoms with van der Waals surface area (Å²) in [6.07, 6.45) is -3.47. The van der Waals surface area contributed by atoms with Gasteiger partial charge in [0.2, 0.25) is 0 Å². The van der Waals surface area contributed by atoms with E-state index >= 15 is 0 Å². The second-order valence-electron chi connectivity index (χ2n) is 11.3. The van der Waals surface area contributed by atoms with E-state index in [0.717, 1.165) is 12.1 Å². The number of aryl methyl sites for hydroxylation is 1. The van der Waals surface area contributed by atoms with Gasteiger partial charge in [-0.1, -0.05) is 16.8 Å². The average Bonchev–Trinajstić information content (AvgIpc) is 3.57. The number of carbonyl (C=O) groups is 2. The Kier molecular flexibility index (Phi) is 8.98. The molecule has 17 heteroatoms. The molecule has 0 saturated heterocycles. The normalized spacial score (nSPS) is 11.7. The standard InChI is InChI=1S/C30H24BrClF3N9O3/c1-15-8-16(13-36)9-19(27(45)39-29(2,3)4)24(15)38-28(46)23-10-17(41-44(23)26-21(32)6-5-7-37-26)14-43-22-12-18(47-30(33,34)35)11-20(31)25(22)40-42-43/h5-12H,14H2,1-4H3,(H,38,46)(H,39,45). The molecule has 0 aliphatic heterocycles. The first-order valence-electron chi connectivity index (χ1n) is 13.7. The molecule has 0 atom stereocenters. The Morgan fingerprint density at radius 2 is 1.87 bits per heavy atom. The molecule has 0 spiro atoms. The molecule has 0 aliphatic carbocycles. The molecule has 0 fully saturated rings. The van der Waals surface area contributed by atoms with Crippen LogP contribution < -0.4 is 15.4 Å². The van der Waals surface area contributed by atoms with Crippen LogP contribution in [-0.2, 0) is 6.54 Å². The third kappa shape index (κ3) is 7.53. The summed E-state index contributed by atoms with van der Waals surface area (Å²) in [6.45, 7) is 6.89. The molecule has 3 aromatic heterocycles. The second-order valence-corrected chi connectivity index (χ2v) is 12.6.